The second-order valence-electron chi connectivity index (χ2n) is 11.1. The molecule has 0 spiro atoms. The molecule has 0 saturated heterocycles. The Morgan fingerprint density at radius 1 is 0.826 bits per heavy atom. The van der Waals surface area contributed by atoms with Gasteiger partial charge in [-0.15, -0.1) is 0 Å². The number of nitrogens with one attached hydrogen (secondary N) is 1. The monoisotopic (exact) mass is 655 g/mol. The highest BCUT2D eigenvalue weighted by molar-refractivity contribution is 7.92. The van der Waals surface area contributed by atoms with Gasteiger partial charge in [-0.1, -0.05) is 50.6 Å². The fourth-order valence-electron chi connectivity index (χ4n) is 4.84. The predicted molar refractivity (Wildman–Crippen MR) is 177 cm³/mol. The van der Waals surface area contributed by atoms with Crippen LogP contribution in [0.2, 0.25) is 0 Å². The predicted octanol–water partition coefficient (Wildman–Crippen LogP) is 4.80. The minimum atomic E-state index is -4.44. The van der Waals surface area contributed by atoms with E-state index in [0.29, 0.717) is 24.5 Å². The Bertz CT molecular complexity index is 1590. The first-order chi connectivity index (χ1) is 21.9. The molecule has 3 aromatic rings. The lowest BCUT2D eigenvalue weighted by molar-refractivity contribution is -0.140. The van der Waals surface area contributed by atoms with Crippen LogP contribution in [0.3, 0.4) is 0 Å². The van der Waals surface area contributed by atoms with Gasteiger partial charge in [0.15, 0.2) is 11.5 Å². The minimum Gasteiger partial charge on any atom is -0.497 e. The molecule has 0 radical (unpaired) electrons. The van der Waals surface area contributed by atoms with Crippen LogP contribution >= 0.6 is 0 Å². The maximum atomic E-state index is 14.5. The van der Waals surface area contributed by atoms with E-state index in [2.05, 4.69) is 5.32 Å². The number of anilines is 1. The molecule has 11 nitrogen and oxygen atoms in total. The quantitative estimate of drug-likeness (QED) is 0.233. The number of carbonyl (C=O) groups excluding carboxylic acids is 2. The average molecular weight is 656 g/mol. The van der Waals surface area contributed by atoms with Crippen LogP contribution in [0.5, 0.6) is 23.0 Å². The summed E-state index contributed by atoms with van der Waals surface area (Å²) in [4.78, 5) is 29.2. The van der Waals surface area contributed by atoms with Crippen molar-refractivity contribution in [1.29, 1.82) is 0 Å². The number of hydrogen-bond acceptors (Lipinski definition) is 8. The van der Waals surface area contributed by atoms with Gasteiger partial charge in [0.1, 0.15) is 24.1 Å². The maximum absolute atomic E-state index is 14.5. The number of rotatable bonds is 16. The van der Waals surface area contributed by atoms with Crippen LogP contribution in [-0.4, -0.2) is 72.7 Å². The number of nitrogens with zero attached hydrogens (tertiary/aromatic N) is 2. The zero-order valence-corrected chi connectivity index (χ0v) is 28.6. The number of hydrogen-bond donors (Lipinski definition) is 1. The molecule has 0 aliphatic rings. The minimum absolute atomic E-state index is 0.0811. The summed E-state index contributed by atoms with van der Waals surface area (Å²) < 4.78 is 51.5. The normalized spacial score (nSPS) is 11.8. The molecule has 0 fully saturated rings. The van der Waals surface area contributed by atoms with Crippen LogP contribution in [0.15, 0.2) is 65.6 Å². The molecule has 1 N–H and O–H groups in total. The van der Waals surface area contributed by atoms with Gasteiger partial charge in [-0.25, -0.2) is 8.42 Å². The summed E-state index contributed by atoms with van der Waals surface area (Å²) in [6.45, 7) is 7.62. The highest BCUT2D eigenvalue weighted by Gasteiger charge is 2.35. The van der Waals surface area contributed by atoms with Crippen LogP contribution in [0.4, 0.5) is 5.69 Å². The molecule has 12 heteroatoms. The Morgan fingerprint density at radius 2 is 1.46 bits per heavy atom. The van der Waals surface area contributed by atoms with E-state index in [-0.39, 0.29) is 40.5 Å². The first-order valence-corrected chi connectivity index (χ1v) is 16.4. The van der Waals surface area contributed by atoms with Crippen molar-refractivity contribution in [2.45, 2.75) is 51.6 Å². The fourth-order valence-corrected chi connectivity index (χ4v) is 6.27. The van der Waals surface area contributed by atoms with E-state index < -0.39 is 28.5 Å². The topological polar surface area (TPSA) is 124 Å². The van der Waals surface area contributed by atoms with Gasteiger partial charge in [-0.2, -0.15) is 0 Å². The molecule has 0 unspecified atom stereocenters. The molecule has 3 aromatic carbocycles. The fraction of sp³-hybridized carbons (Fsp3) is 0.412. The van der Waals surface area contributed by atoms with E-state index in [1.807, 2.05) is 52.0 Å². The third kappa shape index (κ3) is 8.63. The largest absolute Gasteiger partial charge is 0.497 e. The second-order valence-corrected chi connectivity index (χ2v) is 13.0. The number of benzene rings is 3. The van der Waals surface area contributed by atoms with Crippen molar-refractivity contribution < 1.29 is 37.0 Å². The number of methoxy groups -OCH3 is 4. The number of carbonyl (C=O) groups is 2. The van der Waals surface area contributed by atoms with Gasteiger partial charge in [-0.3, -0.25) is 13.9 Å². The summed E-state index contributed by atoms with van der Waals surface area (Å²) in [5, 5.41) is 2.93. The van der Waals surface area contributed by atoms with E-state index in [1.165, 1.54) is 57.6 Å². The first-order valence-electron chi connectivity index (χ1n) is 15.0. The molecule has 2 amide bonds. The summed E-state index contributed by atoms with van der Waals surface area (Å²) in [5.41, 5.74) is 1.92. The highest BCUT2D eigenvalue weighted by atomic mass is 32.2. The van der Waals surface area contributed by atoms with E-state index in [1.54, 1.807) is 12.1 Å². The standard InChI is InChI=1S/C34H45N3O8S/c1-9-28(34(39)35-20-23(2)3)36(21-25-12-10-24(4)11-13-25)33(38)22-37(29-18-26(42-5)14-16-30(29)43-6)46(40,41)27-15-17-31(44-7)32(19-27)45-8/h10-19,23,28H,9,20-22H2,1-8H3,(H,35,39)/t28-/m0/s1. The molecule has 0 aliphatic heterocycles. The van der Waals surface area contributed by atoms with Crippen LogP contribution in [0, 0.1) is 12.8 Å². The van der Waals surface area contributed by atoms with Gasteiger partial charge in [0.2, 0.25) is 11.8 Å². The van der Waals surface area contributed by atoms with E-state index in [0.717, 1.165) is 15.4 Å². The molecule has 0 aromatic heterocycles. The summed E-state index contributed by atoms with van der Waals surface area (Å²) >= 11 is 0. The highest BCUT2D eigenvalue weighted by Crippen LogP contribution is 2.38. The van der Waals surface area contributed by atoms with Crippen LogP contribution in [0.1, 0.15) is 38.3 Å². The third-order valence-corrected chi connectivity index (χ3v) is 9.18. The Hall–Kier alpha value is -4.45. The molecule has 1 atom stereocenters. The van der Waals surface area contributed by atoms with Crippen molar-refractivity contribution in [3.8, 4) is 23.0 Å². The molecule has 46 heavy (non-hydrogen) atoms. The Labute approximate surface area is 272 Å². The SMILES string of the molecule is CC[C@@H](C(=O)NCC(C)C)N(Cc1ccc(C)cc1)C(=O)CN(c1cc(OC)ccc1OC)S(=O)(=O)c1ccc(OC)c(OC)c1. The van der Waals surface area contributed by atoms with Gasteiger partial charge < -0.3 is 29.2 Å². The van der Waals surface area contributed by atoms with Crippen molar-refractivity contribution >= 4 is 27.5 Å². The Kier molecular flexibility index (Phi) is 12.7. The van der Waals surface area contributed by atoms with E-state index in [4.69, 9.17) is 18.9 Å². The van der Waals surface area contributed by atoms with Crippen molar-refractivity contribution in [1.82, 2.24) is 10.2 Å². The summed E-state index contributed by atoms with van der Waals surface area (Å²) in [5.74, 6) is 0.388. The van der Waals surface area contributed by atoms with E-state index >= 15 is 0 Å². The number of amides is 2. The lowest BCUT2D eigenvalue weighted by atomic mass is 10.1. The zero-order chi connectivity index (χ0) is 34.0. The number of sulfonamides is 1. The van der Waals surface area contributed by atoms with Gasteiger partial charge in [-0.05, 0) is 49.1 Å². The molecule has 0 heterocycles. The van der Waals surface area contributed by atoms with Crippen molar-refractivity contribution in [3.63, 3.8) is 0 Å². The van der Waals surface area contributed by atoms with Crippen molar-refractivity contribution in [2.75, 3.05) is 45.8 Å². The van der Waals surface area contributed by atoms with Gasteiger partial charge >= 0.3 is 0 Å². The molecular formula is C34H45N3O8S. The first kappa shape index (κ1) is 36.0. The third-order valence-electron chi connectivity index (χ3n) is 7.42. The number of ether oxygens (including phenoxy) is 4. The van der Waals surface area contributed by atoms with Crippen molar-refractivity contribution in [2.24, 2.45) is 5.92 Å². The molecule has 0 aliphatic carbocycles. The van der Waals surface area contributed by atoms with Crippen molar-refractivity contribution in [3.05, 3.63) is 71.8 Å². The smallest absolute Gasteiger partial charge is 0.265 e. The zero-order valence-electron chi connectivity index (χ0n) is 27.8. The Morgan fingerprint density at radius 3 is 2.02 bits per heavy atom. The lowest BCUT2D eigenvalue weighted by Gasteiger charge is -2.33. The van der Waals surface area contributed by atoms with Gasteiger partial charge in [0.25, 0.3) is 10.0 Å². The maximum Gasteiger partial charge on any atom is 0.265 e. The van der Waals surface area contributed by atoms with Crippen LogP contribution < -0.4 is 28.6 Å². The van der Waals surface area contributed by atoms with Crippen LogP contribution in [0.25, 0.3) is 0 Å². The molecule has 0 saturated carbocycles. The second kappa shape index (κ2) is 16.2. The van der Waals surface area contributed by atoms with Gasteiger partial charge in [0.05, 0.1) is 39.0 Å². The molecule has 3 rings (SSSR count). The summed E-state index contributed by atoms with van der Waals surface area (Å²) in [7, 11) is 1.27. The average Bonchev–Trinajstić information content (AvgIpc) is 3.05. The summed E-state index contributed by atoms with van der Waals surface area (Å²) in [6.07, 6.45) is 0.312. The Balaban J connectivity index is 2.18. The summed E-state index contributed by atoms with van der Waals surface area (Å²) in [6, 6.07) is 15.6. The molecule has 0 bridgehead atoms. The molecule has 250 valence electrons. The van der Waals surface area contributed by atoms with Gasteiger partial charge in [0, 0.05) is 25.2 Å². The lowest BCUT2D eigenvalue weighted by Crippen LogP contribution is -2.52. The van der Waals surface area contributed by atoms with Crippen LogP contribution in [-0.2, 0) is 26.2 Å². The molecular weight excluding hydrogens is 610 g/mol. The number of aryl methyl sites for hydroxylation is 1. The van der Waals surface area contributed by atoms with E-state index in [9.17, 15) is 18.0 Å².